The van der Waals surface area contributed by atoms with Gasteiger partial charge in [0.25, 0.3) is 5.91 Å². The van der Waals surface area contributed by atoms with Crippen LogP contribution in [0.25, 0.3) is 21.8 Å². The highest BCUT2D eigenvalue weighted by Gasteiger charge is 2.23. The number of hydrogen-bond acceptors (Lipinski definition) is 4. The van der Waals surface area contributed by atoms with Crippen molar-refractivity contribution in [3.05, 3.63) is 70.5 Å². The molecule has 0 aliphatic carbocycles. The van der Waals surface area contributed by atoms with Gasteiger partial charge in [0.15, 0.2) is 0 Å². The molecule has 32 heavy (non-hydrogen) atoms. The Kier molecular flexibility index (Phi) is 6.39. The Balaban J connectivity index is 1.61. The average molecular weight is 499 g/mol. The molecule has 0 aliphatic rings. The second-order valence-corrected chi connectivity index (χ2v) is 9.61. The molecule has 2 aromatic heterocycles. The summed E-state index contributed by atoms with van der Waals surface area (Å²) in [6, 6.07) is 13.2. The van der Waals surface area contributed by atoms with E-state index in [1.165, 1.54) is 0 Å². The molecule has 0 bridgehead atoms. The van der Waals surface area contributed by atoms with Crippen molar-refractivity contribution in [3.63, 3.8) is 0 Å². The molecule has 0 saturated carbocycles. The minimum Gasteiger partial charge on any atom is -0.361 e. The van der Waals surface area contributed by atoms with Crippen LogP contribution in [0.4, 0.5) is 0 Å². The number of ether oxygens (including phenoxy) is 1. The van der Waals surface area contributed by atoms with Gasteiger partial charge in [-0.3, -0.25) is 10.1 Å². The van der Waals surface area contributed by atoms with E-state index in [-0.39, 0.29) is 12.5 Å². The number of carbonyl (C=O) groups excluding carboxylic acids is 1. The molecule has 2 aromatic carbocycles. The van der Waals surface area contributed by atoms with Gasteiger partial charge in [-0.05, 0) is 39.0 Å². The number of aliphatic hydroxyl groups is 1. The number of H-pyrrole nitrogens is 2. The van der Waals surface area contributed by atoms with Gasteiger partial charge in [-0.25, -0.2) is 0 Å². The van der Waals surface area contributed by atoms with Gasteiger partial charge in [0.05, 0.1) is 17.2 Å². The molecule has 0 fully saturated rings. The number of aliphatic hydroxyl groups excluding tert-OH is 1. The zero-order valence-electron chi connectivity index (χ0n) is 18.2. The van der Waals surface area contributed by atoms with Gasteiger partial charge in [-0.1, -0.05) is 40.2 Å². The number of carbonyl (C=O) groups is 1. The fourth-order valence-electron chi connectivity index (χ4n) is 3.74. The fraction of sp³-hybridized carbons (Fsp3) is 0.292. The highest BCUT2D eigenvalue weighted by Crippen LogP contribution is 2.27. The van der Waals surface area contributed by atoms with Gasteiger partial charge in [0.2, 0.25) is 6.41 Å². The zero-order valence-corrected chi connectivity index (χ0v) is 19.8. The maximum absolute atomic E-state index is 13.2. The number of aromatic amines is 2. The van der Waals surface area contributed by atoms with Crippen LogP contribution >= 0.6 is 15.9 Å². The molecule has 4 rings (SSSR count). The maximum atomic E-state index is 13.2. The molecule has 8 heteroatoms. The molecule has 2 unspecified atom stereocenters. The minimum atomic E-state index is -1.16. The highest BCUT2D eigenvalue weighted by molar-refractivity contribution is 9.10. The topological polar surface area (TPSA) is 102 Å². The zero-order chi connectivity index (χ0) is 22.9. The van der Waals surface area contributed by atoms with Gasteiger partial charge < -0.3 is 25.1 Å². The first-order chi connectivity index (χ1) is 15.2. The van der Waals surface area contributed by atoms with Gasteiger partial charge in [-0.15, -0.1) is 0 Å². The average Bonchev–Trinajstić information content (AvgIpc) is 3.33. The van der Waals surface area contributed by atoms with Crippen LogP contribution in [-0.4, -0.2) is 39.5 Å². The maximum Gasteiger partial charge on any atom is 0.253 e. The second kappa shape index (κ2) is 9.07. The number of para-hydroxylation sites is 1. The lowest BCUT2D eigenvalue weighted by atomic mass is 10.0. The lowest BCUT2D eigenvalue weighted by molar-refractivity contribution is -0.181. The van der Waals surface area contributed by atoms with Crippen LogP contribution < -0.4 is 10.6 Å². The molecule has 0 aliphatic heterocycles. The Labute approximate surface area is 194 Å². The number of nitrogens with one attached hydrogen (secondary N) is 4. The van der Waals surface area contributed by atoms with Crippen molar-refractivity contribution >= 4 is 43.6 Å². The monoisotopic (exact) mass is 498 g/mol. The van der Waals surface area contributed by atoms with Crippen LogP contribution in [0.5, 0.6) is 0 Å². The Morgan fingerprint density at radius 1 is 1.09 bits per heavy atom. The van der Waals surface area contributed by atoms with Crippen molar-refractivity contribution in [2.24, 2.45) is 0 Å². The van der Waals surface area contributed by atoms with Crippen molar-refractivity contribution in [3.8, 4) is 0 Å². The number of fused-ring (bicyclic) bond motifs is 2. The molecule has 1 amide bonds. The number of rotatable bonds is 7. The van der Waals surface area contributed by atoms with Crippen LogP contribution in [0.3, 0.4) is 0 Å². The fourth-order valence-corrected chi connectivity index (χ4v) is 4.10. The van der Waals surface area contributed by atoms with Gasteiger partial charge in [-0.2, -0.15) is 0 Å². The van der Waals surface area contributed by atoms with E-state index in [4.69, 9.17) is 4.74 Å². The largest absolute Gasteiger partial charge is 0.361 e. The third-order valence-electron chi connectivity index (χ3n) is 5.15. The summed E-state index contributed by atoms with van der Waals surface area (Å²) in [4.78, 5) is 19.6. The summed E-state index contributed by atoms with van der Waals surface area (Å²) in [5.74, 6) is -0.202. The normalized spacial score (nSPS) is 14.0. The summed E-state index contributed by atoms with van der Waals surface area (Å²) in [5.41, 5.74) is 2.82. The third kappa shape index (κ3) is 5.05. The van der Waals surface area contributed by atoms with Crippen molar-refractivity contribution in [1.29, 1.82) is 0 Å². The minimum absolute atomic E-state index is 0.202. The second-order valence-electron chi connectivity index (χ2n) is 8.70. The summed E-state index contributed by atoms with van der Waals surface area (Å²) in [7, 11) is 0. The molecule has 7 nitrogen and oxygen atoms in total. The standard InChI is InChI=1S/C24H27BrN4O3/c1-24(2,3)32-23(31)28-13-21(17-11-27-20-10-14(25)8-9-16(17)20)29-22(30)18-12-26-19-7-5-4-6-15(18)19/h4-12,21,23,26-28,31H,13H2,1-3H3,(H,29,30). The summed E-state index contributed by atoms with van der Waals surface area (Å²) in [5, 5.41) is 18.2. The van der Waals surface area contributed by atoms with Crippen LogP contribution in [0.2, 0.25) is 0 Å². The van der Waals surface area contributed by atoms with Gasteiger partial charge >= 0.3 is 0 Å². The summed E-state index contributed by atoms with van der Waals surface area (Å²) in [6.07, 6.45) is 2.44. The quantitative estimate of drug-likeness (QED) is 0.241. The number of aromatic nitrogens is 2. The Hall–Kier alpha value is -2.65. The first kappa shape index (κ1) is 22.5. The lowest BCUT2D eigenvalue weighted by Crippen LogP contribution is -2.43. The van der Waals surface area contributed by atoms with E-state index in [9.17, 15) is 9.90 Å². The number of amides is 1. The van der Waals surface area contributed by atoms with Gasteiger partial charge in [0.1, 0.15) is 0 Å². The third-order valence-corrected chi connectivity index (χ3v) is 5.65. The first-order valence-electron chi connectivity index (χ1n) is 10.4. The van der Waals surface area contributed by atoms with Crippen molar-refractivity contribution in [2.75, 3.05) is 6.54 Å². The number of benzene rings is 2. The highest BCUT2D eigenvalue weighted by atomic mass is 79.9. The van der Waals surface area contributed by atoms with E-state index < -0.39 is 18.1 Å². The number of hydrogen-bond donors (Lipinski definition) is 5. The molecule has 0 spiro atoms. The number of halogens is 1. The molecule has 0 radical (unpaired) electrons. The Morgan fingerprint density at radius 2 is 1.84 bits per heavy atom. The first-order valence-corrected chi connectivity index (χ1v) is 11.2. The molecule has 5 N–H and O–H groups in total. The van der Waals surface area contributed by atoms with Crippen molar-refractivity contribution < 1.29 is 14.6 Å². The predicted octanol–water partition coefficient (Wildman–Crippen LogP) is 4.56. The predicted molar refractivity (Wildman–Crippen MR) is 129 cm³/mol. The van der Waals surface area contributed by atoms with Crippen LogP contribution in [0.1, 0.15) is 42.7 Å². The van der Waals surface area contributed by atoms with Crippen molar-refractivity contribution in [1.82, 2.24) is 20.6 Å². The van der Waals surface area contributed by atoms with E-state index in [2.05, 4.69) is 36.5 Å². The van der Waals surface area contributed by atoms with E-state index in [1.54, 1.807) is 6.20 Å². The van der Waals surface area contributed by atoms with Crippen LogP contribution in [0.15, 0.2) is 59.3 Å². The van der Waals surface area contributed by atoms with Gasteiger partial charge in [0, 0.05) is 50.8 Å². The van der Waals surface area contributed by atoms with E-state index in [0.717, 1.165) is 31.8 Å². The van der Waals surface area contributed by atoms with E-state index in [0.29, 0.717) is 5.56 Å². The van der Waals surface area contributed by atoms with Crippen LogP contribution in [-0.2, 0) is 4.74 Å². The Bertz CT molecular complexity index is 1240. The molecule has 168 valence electrons. The summed E-state index contributed by atoms with van der Waals surface area (Å²) >= 11 is 3.49. The Morgan fingerprint density at radius 3 is 2.62 bits per heavy atom. The van der Waals surface area contributed by atoms with Crippen LogP contribution in [0, 0.1) is 0 Å². The smallest absolute Gasteiger partial charge is 0.253 e. The molecule has 0 saturated heterocycles. The van der Waals surface area contributed by atoms with E-state index in [1.807, 2.05) is 69.4 Å². The summed E-state index contributed by atoms with van der Waals surface area (Å²) in [6.45, 7) is 5.87. The lowest BCUT2D eigenvalue weighted by Gasteiger charge is -2.26. The molecule has 2 heterocycles. The molecule has 2 atom stereocenters. The molecule has 4 aromatic rings. The summed E-state index contributed by atoms with van der Waals surface area (Å²) < 4.78 is 6.52. The van der Waals surface area contributed by atoms with Crippen molar-refractivity contribution in [2.45, 2.75) is 38.8 Å². The van der Waals surface area contributed by atoms with E-state index >= 15 is 0 Å². The SMILES string of the molecule is CC(C)(C)OC(O)NCC(NC(=O)c1c[nH]c2ccccc12)c1c[nH]c2cc(Br)ccc12. The molecular formula is C24H27BrN4O3. The molecular weight excluding hydrogens is 472 g/mol.